The summed E-state index contributed by atoms with van der Waals surface area (Å²) in [7, 11) is 0. The number of nitrogens with one attached hydrogen (secondary N) is 2. The van der Waals surface area contributed by atoms with E-state index in [0.717, 1.165) is 5.56 Å². The molecule has 0 aliphatic rings. The predicted octanol–water partition coefficient (Wildman–Crippen LogP) is 4.45. The Balaban J connectivity index is 1.71. The molecule has 0 fully saturated rings. The maximum absolute atomic E-state index is 14.6. The Labute approximate surface area is 165 Å². The van der Waals surface area contributed by atoms with E-state index in [-0.39, 0.29) is 23.3 Å². The Kier molecular flexibility index (Phi) is 4.94. The van der Waals surface area contributed by atoms with Gasteiger partial charge in [0.2, 0.25) is 0 Å². The molecule has 0 saturated carbocycles. The van der Waals surface area contributed by atoms with E-state index < -0.39 is 5.82 Å². The molecule has 0 aliphatic carbocycles. The zero-order chi connectivity index (χ0) is 20.5. The van der Waals surface area contributed by atoms with Crippen molar-refractivity contribution in [1.82, 2.24) is 25.4 Å². The van der Waals surface area contributed by atoms with Crippen molar-refractivity contribution in [3.05, 3.63) is 65.1 Å². The molecule has 0 saturated heterocycles. The van der Waals surface area contributed by atoms with Gasteiger partial charge in [0, 0.05) is 10.9 Å². The highest BCUT2D eigenvalue weighted by atomic mass is 19.1. The van der Waals surface area contributed by atoms with Crippen LogP contribution < -0.4 is 5.73 Å². The smallest absolute Gasteiger partial charge is 0.181 e. The van der Waals surface area contributed by atoms with Gasteiger partial charge in [-0.05, 0) is 41.8 Å². The number of hydrogen-bond donors (Lipinski definition) is 3. The third-order valence-electron chi connectivity index (χ3n) is 4.75. The fraction of sp³-hybridized carbons (Fsp3) is 0.190. The lowest BCUT2D eigenvalue weighted by Crippen LogP contribution is -2.18. The molecular formula is C21H20F2N6. The standard InChI is InChI=1S/C21H20F2N6/c1-11(2)18(24)21-25-20(28-29-21)13-9-15-17(26-27-19(15)16(23)10-13)8-5-12-3-6-14(22)7-4-12/h3-11,18H,24H2,1-2H3,(H,26,27)(H,25,28,29)/t18-/m0/s1. The van der Waals surface area contributed by atoms with Crippen molar-refractivity contribution in [3.8, 4) is 11.4 Å². The van der Waals surface area contributed by atoms with Crippen molar-refractivity contribution in [2.45, 2.75) is 19.9 Å². The minimum Gasteiger partial charge on any atom is -0.321 e. The van der Waals surface area contributed by atoms with Gasteiger partial charge < -0.3 is 5.73 Å². The summed E-state index contributed by atoms with van der Waals surface area (Å²) in [6, 6.07) is 8.92. The van der Waals surface area contributed by atoms with E-state index in [2.05, 4.69) is 25.4 Å². The van der Waals surface area contributed by atoms with Gasteiger partial charge in [-0.1, -0.05) is 32.1 Å². The Bertz CT molecular complexity index is 1170. The van der Waals surface area contributed by atoms with E-state index >= 15 is 0 Å². The lowest BCUT2D eigenvalue weighted by Gasteiger charge is -2.11. The number of H-pyrrole nitrogens is 2. The van der Waals surface area contributed by atoms with Crippen LogP contribution in [0.1, 0.15) is 37.0 Å². The maximum atomic E-state index is 14.6. The average Bonchev–Trinajstić information content (AvgIpc) is 3.34. The van der Waals surface area contributed by atoms with E-state index in [0.29, 0.717) is 28.3 Å². The molecule has 0 amide bonds. The van der Waals surface area contributed by atoms with Crippen LogP contribution >= 0.6 is 0 Å². The summed E-state index contributed by atoms with van der Waals surface area (Å²) in [6.07, 6.45) is 3.56. The highest BCUT2D eigenvalue weighted by Crippen LogP contribution is 2.28. The van der Waals surface area contributed by atoms with Crippen molar-refractivity contribution in [3.63, 3.8) is 0 Å². The van der Waals surface area contributed by atoms with Gasteiger partial charge in [-0.3, -0.25) is 10.2 Å². The Morgan fingerprint density at radius 2 is 1.76 bits per heavy atom. The van der Waals surface area contributed by atoms with E-state index in [1.807, 2.05) is 13.8 Å². The Morgan fingerprint density at radius 3 is 2.48 bits per heavy atom. The lowest BCUT2D eigenvalue weighted by molar-refractivity contribution is 0.492. The number of aromatic amines is 2. The van der Waals surface area contributed by atoms with E-state index in [9.17, 15) is 8.78 Å². The molecule has 6 nitrogen and oxygen atoms in total. The Morgan fingerprint density at radius 1 is 1.00 bits per heavy atom. The second-order valence-electron chi connectivity index (χ2n) is 7.19. The van der Waals surface area contributed by atoms with Gasteiger partial charge in [0.25, 0.3) is 0 Å². The summed E-state index contributed by atoms with van der Waals surface area (Å²) in [5, 5.41) is 14.5. The highest BCUT2D eigenvalue weighted by Gasteiger charge is 2.18. The molecule has 4 aromatic rings. The maximum Gasteiger partial charge on any atom is 0.181 e. The molecule has 0 aliphatic heterocycles. The number of aromatic nitrogens is 5. The summed E-state index contributed by atoms with van der Waals surface area (Å²) >= 11 is 0. The number of halogens is 2. The van der Waals surface area contributed by atoms with Crippen LogP contribution in [-0.2, 0) is 0 Å². The fourth-order valence-corrected chi connectivity index (χ4v) is 2.97. The normalized spacial score (nSPS) is 13.0. The van der Waals surface area contributed by atoms with Gasteiger partial charge >= 0.3 is 0 Å². The minimum absolute atomic E-state index is 0.187. The van der Waals surface area contributed by atoms with Crippen LogP contribution in [-0.4, -0.2) is 25.4 Å². The second-order valence-corrected chi connectivity index (χ2v) is 7.19. The molecule has 0 unspecified atom stereocenters. The van der Waals surface area contributed by atoms with E-state index in [1.165, 1.54) is 18.2 Å². The third kappa shape index (κ3) is 3.79. The van der Waals surface area contributed by atoms with Crippen LogP contribution in [0.2, 0.25) is 0 Å². The number of fused-ring (bicyclic) bond motifs is 1. The zero-order valence-electron chi connectivity index (χ0n) is 15.9. The van der Waals surface area contributed by atoms with Crippen molar-refractivity contribution < 1.29 is 8.78 Å². The molecule has 29 heavy (non-hydrogen) atoms. The zero-order valence-corrected chi connectivity index (χ0v) is 15.9. The van der Waals surface area contributed by atoms with Gasteiger partial charge in [-0.15, -0.1) is 0 Å². The van der Waals surface area contributed by atoms with E-state index in [4.69, 9.17) is 5.73 Å². The van der Waals surface area contributed by atoms with Crippen LogP contribution in [0.5, 0.6) is 0 Å². The van der Waals surface area contributed by atoms with Gasteiger partial charge in [0.1, 0.15) is 17.2 Å². The molecule has 2 aromatic heterocycles. The third-order valence-corrected chi connectivity index (χ3v) is 4.75. The van der Waals surface area contributed by atoms with Crippen LogP contribution in [0.3, 0.4) is 0 Å². The first-order chi connectivity index (χ1) is 13.9. The summed E-state index contributed by atoms with van der Waals surface area (Å²) in [5.41, 5.74) is 8.29. The highest BCUT2D eigenvalue weighted by molar-refractivity contribution is 5.92. The molecule has 1 atom stereocenters. The number of benzene rings is 2. The summed E-state index contributed by atoms with van der Waals surface area (Å²) in [6.45, 7) is 3.98. The largest absolute Gasteiger partial charge is 0.321 e. The molecule has 2 heterocycles. The fourth-order valence-electron chi connectivity index (χ4n) is 2.97. The van der Waals surface area contributed by atoms with Crippen LogP contribution in [0, 0.1) is 17.6 Å². The predicted molar refractivity (Wildman–Crippen MR) is 109 cm³/mol. The Hall–Kier alpha value is -3.39. The topological polar surface area (TPSA) is 96.3 Å². The summed E-state index contributed by atoms with van der Waals surface area (Å²) in [4.78, 5) is 4.42. The van der Waals surface area contributed by atoms with Crippen LogP contribution in [0.25, 0.3) is 34.4 Å². The molecule has 0 spiro atoms. The van der Waals surface area contributed by atoms with Crippen LogP contribution in [0.4, 0.5) is 8.78 Å². The minimum atomic E-state index is -0.477. The number of hydrogen-bond acceptors (Lipinski definition) is 4. The van der Waals surface area contributed by atoms with Gasteiger partial charge in [-0.2, -0.15) is 10.2 Å². The molecule has 0 bridgehead atoms. The van der Waals surface area contributed by atoms with Gasteiger partial charge in [-0.25, -0.2) is 13.8 Å². The molecule has 148 valence electrons. The monoisotopic (exact) mass is 394 g/mol. The quantitative estimate of drug-likeness (QED) is 0.466. The first-order valence-electron chi connectivity index (χ1n) is 9.22. The first-order valence-corrected chi connectivity index (χ1v) is 9.22. The molecule has 4 N–H and O–H groups in total. The summed E-state index contributed by atoms with van der Waals surface area (Å²) < 4.78 is 27.7. The van der Waals surface area contributed by atoms with Crippen molar-refractivity contribution in [2.75, 3.05) is 0 Å². The van der Waals surface area contributed by atoms with E-state index in [1.54, 1.807) is 30.4 Å². The first kappa shape index (κ1) is 18.9. The van der Waals surface area contributed by atoms with Crippen molar-refractivity contribution >= 4 is 23.1 Å². The number of nitrogens with two attached hydrogens (primary N) is 1. The number of nitrogens with zero attached hydrogens (tertiary/aromatic N) is 3. The lowest BCUT2D eigenvalue weighted by atomic mass is 10.1. The van der Waals surface area contributed by atoms with Crippen LogP contribution in [0.15, 0.2) is 36.4 Å². The van der Waals surface area contributed by atoms with Gasteiger partial charge in [0.05, 0.1) is 11.7 Å². The molecule has 8 heteroatoms. The van der Waals surface area contributed by atoms with Crippen molar-refractivity contribution in [1.29, 1.82) is 0 Å². The van der Waals surface area contributed by atoms with Gasteiger partial charge in [0.15, 0.2) is 11.6 Å². The molecule has 4 rings (SSSR count). The second kappa shape index (κ2) is 7.56. The van der Waals surface area contributed by atoms with Crippen molar-refractivity contribution in [2.24, 2.45) is 11.7 Å². The molecular weight excluding hydrogens is 374 g/mol. The average molecular weight is 394 g/mol. The molecule has 0 radical (unpaired) electrons. The SMILES string of the molecule is CC(C)[C@H](N)c1nc(-c2cc(F)c3n[nH]c(C=Cc4ccc(F)cc4)c3c2)n[nH]1. The molecule has 2 aromatic carbocycles. The summed E-state index contributed by atoms with van der Waals surface area (Å²) in [5.74, 6) is 0.330. The number of rotatable bonds is 5.